The molecule has 0 saturated carbocycles. The zero-order valence-electron chi connectivity index (χ0n) is 50.7. The standard InChI is InChI=1S/C30H52O9.C30H50O9/c2*1-16(2)23(17(3)4)38-25-21(14-19-15-34-30(8,9)39-19)37-26-22(31)24-20(36-27(25)26)11-10-18(35-24)12-13-33-28(32)29(5,6)7/h16-27,31H,10-15H2,1-9H3;16-21,23-27H,10-15H2,1-9H3/t18-,19-,20+,21-,22-,24+,25+,26+,27+;18-,19-,20+,21-,24+,25+,26+,27+/m11/s1. The van der Waals surface area contributed by atoms with Crippen LogP contribution in [0, 0.1) is 34.5 Å². The molecule has 8 saturated heterocycles. The minimum Gasteiger partial charge on any atom is -0.465 e. The van der Waals surface area contributed by atoms with E-state index in [-0.39, 0.29) is 91.5 Å². The molecule has 8 heterocycles. The van der Waals surface area contributed by atoms with E-state index in [4.69, 9.17) is 66.3 Å². The summed E-state index contributed by atoms with van der Waals surface area (Å²) in [5.74, 6) is -0.578. The van der Waals surface area contributed by atoms with E-state index in [1.165, 1.54) is 0 Å². The Morgan fingerprint density at radius 1 is 0.538 bits per heavy atom. The van der Waals surface area contributed by atoms with Gasteiger partial charge in [-0.3, -0.25) is 14.4 Å². The Bertz CT molecular complexity index is 1940. The summed E-state index contributed by atoms with van der Waals surface area (Å²) in [5.41, 5.74) is -1.09. The molecule has 0 bridgehead atoms. The van der Waals surface area contributed by atoms with Crippen molar-refractivity contribution in [2.75, 3.05) is 26.4 Å². The molecule has 8 fully saturated rings. The Balaban J connectivity index is 0.000000226. The first-order valence-electron chi connectivity index (χ1n) is 29.8. The van der Waals surface area contributed by atoms with Crippen LogP contribution in [0.1, 0.15) is 176 Å². The van der Waals surface area contributed by atoms with Gasteiger partial charge in [0, 0.05) is 25.7 Å². The van der Waals surface area contributed by atoms with E-state index in [0.29, 0.717) is 75.6 Å². The number of fused-ring (bicyclic) bond motifs is 4. The lowest BCUT2D eigenvalue weighted by atomic mass is 9.87. The lowest BCUT2D eigenvalue weighted by Crippen LogP contribution is -2.61. The minimum atomic E-state index is -0.849. The van der Waals surface area contributed by atoms with Crippen LogP contribution in [0.15, 0.2) is 0 Å². The fourth-order valence-electron chi connectivity index (χ4n) is 12.6. The third-order valence-electron chi connectivity index (χ3n) is 16.4. The van der Waals surface area contributed by atoms with Crippen molar-refractivity contribution >= 4 is 17.7 Å². The average Bonchev–Trinajstić information content (AvgIpc) is 4.14. The van der Waals surface area contributed by atoms with Crippen molar-refractivity contribution in [2.24, 2.45) is 34.5 Å². The molecule has 0 aromatic rings. The van der Waals surface area contributed by atoms with E-state index < -0.39 is 71.2 Å². The van der Waals surface area contributed by atoms with Gasteiger partial charge in [0.25, 0.3) is 0 Å². The number of ketones is 1. The predicted molar refractivity (Wildman–Crippen MR) is 287 cm³/mol. The van der Waals surface area contributed by atoms with Crippen molar-refractivity contribution < 1.29 is 85.8 Å². The third-order valence-corrected chi connectivity index (χ3v) is 16.4. The second-order valence-corrected chi connectivity index (χ2v) is 27.8. The first-order chi connectivity index (χ1) is 36.3. The molecule has 0 aliphatic carbocycles. The Morgan fingerprint density at radius 3 is 1.42 bits per heavy atom. The summed E-state index contributed by atoms with van der Waals surface area (Å²) < 4.78 is 86.9. The minimum absolute atomic E-state index is 0.00346. The van der Waals surface area contributed by atoms with E-state index in [0.717, 1.165) is 19.3 Å². The van der Waals surface area contributed by atoms with Crippen LogP contribution in [0.25, 0.3) is 0 Å². The fourth-order valence-corrected chi connectivity index (χ4v) is 12.6. The number of carbonyl (C=O) groups is 3. The monoisotopic (exact) mass is 1110 g/mol. The van der Waals surface area contributed by atoms with Crippen molar-refractivity contribution in [2.45, 2.75) is 304 Å². The van der Waals surface area contributed by atoms with Crippen LogP contribution in [0.2, 0.25) is 0 Å². The van der Waals surface area contributed by atoms with Crippen LogP contribution in [0.3, 0.4) is 0 Å². The van der Waals surface area contributed by atoms with Gasteiger partial charge in [-0.05, 0) is 119 Å². The molecule has 18 nitrogen and oxygen atoms in total. The van der Waals surface area contributed by atoms with Crippen molar-refractivity contribution in [3.05, 3.63) is 0 Å². The second-order valence-electron chi connectivity index (χ2n) is 27.8. The Hall–Kier alpha value is -1.91. The highest BCUT2D eigenvalue weighted by atomic mass is 16.8. The van der Waals surface area contributed by atoms with E-state index in [9.17, 15) is 19.5 Å². The number of Topliss-reactive ketones (excluding diaryl/α,β-unsaturated/α-hetero) is 1. The van der Waals surface area contributed by atoms with Crippen LogP contribution >= 0.6 is 0 Å². The van der Waals surface area contributed by atoms with Crippen LogP contribution in [-0.4, -0.2) is 177 Å². The smallest absolute Gasteiger partial charge is 0.311 e. The van der Waals surface area contributed by atoms with Gasteiger partial charge < -0.3 is 71.4 Å². The number of carbonyl (C=O) groups excluding carboxylic acids is 3. The molecular weight excluding hydrogens is 1010 g/mol. The maximum atomic E-state index is 13.8. The maximum Gasteiger partial charge on any atom is 0.311 e. The molecular formula is C60H102O18. The van der Waals surface area contributed by atoms with Crippen LogP contribution in [0.4, 0.5) is 0 Å². The van der Waals surface area contributed by atoms with Crippen molar-refractivity contribution in [1.29, 1.82) is 0 Å². The molecule has 8 rings (SSSR count). The van der Waals surface area contributed by atoms with E-state index >= 15 is 0 Å². The number of esters is 2. The normalized spacial score (nSPS) is 37.4. The van der Waals surface area contributed by atoms with Gasteiger partial charge in [-0.1, -0.05) is 55.4 Å². The lowest BCUT2D eigenvalue weighted by Gasteiger charge is -2.47. The van der Waals surface area contributed by atoms with Gasteiger partial charge in [0.1, 0.15) is 54.9 Å². The summed E-state index contributed by atoms with van der Waals surface area (Å²) in [6.45, 7) is 37.4. The highest BCUT2D eigenvalue weighted by molar-refractivity contribution is 5.90. The maximum absolute atomic E-state index is 13.8. The molecule has 8 aliphatic heterocycles. The topological polar surface area (TPSA) is 201 Å². The summed E-state index contributed by atoms with van der Waals surface area (Å²) in [4.78, 5) is 38.0. The number of aliphatic hydroxyl groups excluding tert-OH is 1. The van der Waals surface area contributed by atoms with Gasteiger partial charge >= 0.3 is 11.9 Å². The average molecular weight is 1110 g/mol. The number of hydrogen-bond donors (Lipinski definition) is 1. The molecule has 0 unspecified atom stereocenters. The van der Waals surface area contributed by atoms with Gasteiger partial charge in [-0.15, -0.1) is 0 Å². The molecule has 0 radical (unpaired) electrons. The predicted octanol–water partition coefficient (Wildman–Crippen LogP) is 8.24. The third kappa shape index (κ3) is 15.8. The largest absolute Gasteiger partial charge is 0.465 e. The first-order valence-corrected chi connectivity index (χ1v) is 29.8. The lowest BCUT2D eigenvalue weighted by molar-refractivity contribution is -0.263. The van der Waals surface area contributed by atoms with E-state index in [1.807, 2.05) is 69.2 Å². The van der Waals surface area contributed by atoms with Crippen molar-refractivity contribution in [3.63, 3.8) is 0 Å². The summed E-state index contributed by atoms with van der Waals surface area (Å²) in [7, 11) is 0. The van der Waals surface area contributed by atoms with Crippen LogP contribution in [0.5, 0.6) is 0 Å². The van der Waals surface area contributed by atoms with E-state index in [2.05, 4.69) is 55.4 Å². The molecule has 1 N–H and O–H groups in total. The summed E-state index contributed by atoms with van der Waals surface area (Å²) in [6.07, 6.45) is -1.53. The molecule has 17 atom stereocenters. The quantitative estimate of drug-likeness (QED) is 0.129. The molecule has 450 valence electrons. The van der Waals surface area contributed by atoms with Crippen LogP contribution in [-0.2, 0) is 80.7 Å². The highest BCUT2D eigenvalue weighted by Gasteiger charge is 2.61. The van der Waals surface area contributed by atoms with Crippen molar-refractivity contribution in [3.8, 4) is 0 Å². The molecule has 8 aliphatic rings. The van der Waals surface area contributed by atoms with Crippen LogP contribution < -0.4 is 0 Å². The van der Waals surface area contributed by atoms with Crippen molar-refractivity contribution in [1.82, 2.24) is 0 Å². The summed E-state index contributed by atoms with van der Waals surface area (Å²) in [5, 5.41) is 11.5. The number of rotatable bonds is 18. The Kier molecular flexibility index (Phi) is 21.2. The van der Waals surface area contributed by atoms with Gasteiger partial charge in [-0.25, -0.2) is 0 Å². The number of hydrogen-bond acceptors (Lipinski definition) is 18. The molecule has 18 heteroatoms. The molecule has 78 heavy (non-hydrogen) atoms. The summed E-state index contributed by atoms with van der Waals surface area (Å²) >= 11 is 0. The van der Waals surface area contributed by atoms with Gasteiger partial charge in [0.15, 0.2) is 17.4 Å². The first kappa shape index (κ1) is 63.7. The Morgan fingerprint density at radius 2 is 0.974 bits per heavy atom. The number of aliphatic hydroxyl groups is 1. The molecule has 0 spiro atoms. The summed E-state index contributed by atoms with van der Waals surface area (Å²) in [6, 6.07) is 0. The zero-order valence-corrected chi connectivity index (χ0v) is 50.7. The Labute approximate surface area is 466 Å². The molecule has 0 aromatic heterocycles. The fraction of sp³-hybridized carbons (Fsp3) is 0.950. The van der Waals surface area contributed by atoms with Gasteiger partial charge in [-0.2, -0.15) is 0 Å². The van der Waals surface area contributed by atoms with Gasteiger partial charge in [0.2, 0.25) is 0 Å². The molecule has 0 amide bonds. The second kappa shape index (κ2) is 25.9. The molecule has 0 aromatic carbocycles. The zero-order chi connectivity index (χ0) is 57.4. The SMILES string of the molecule is CC(C)C(O[C@@H]1[C@@H]2O[C@H]3CC[C@H](CCOC(=O)C(C)(C)C)O[C@@H]3C(=O)[C@@H]2O[C@@H]1C[C@@H]1COC(C)(C)O1)C(C)C.CC(C)C(O[C@@H]1[C@@H]2O[C@H]3CC[C@H](CCOC(=O)C(C)(C)C)O[C@@H]3[C@@H](O)[C@@H]2O[C@@H]1C[C@@H]1COC(C)(C)O1)C(C)C. The van der Waals surface area contributed by atoms with E-state index in [1.54, 1.807) is 0 Å². The number of ether oxygens (including phenoxy) is 14. The highest BCUT2D eigenvalue weighted by Crippen LogP contribution is 2.45. The van der Waals surface area contributed by atoms with Gasteiger partial charge in [0.05, 0.1) is 98.3 Å².